The summed E-state index contributed by atoms with van der Waals surface area (Å²) >= 11 is 0. The van der Waals surface area contributed by atoms with E-state index in [1.807, 2.05) is 19.9 Å². The van der Waals surface area contributed by atoms with Crippen molar-refractivity contribution in [2.75, 3.05) is 13.7 Å². The molecule has 180 valence electrons. The Morgan fingerprint density at radius 3 is 2.59 bits per heavy atom. The van der Waals surface area contributed by atoms with E-state index < -0.39 is 30.2 Å². The fraction of sp³-hybridized carbons (Fsp3) is 0.375. The van der Waals surface area contributed by atoms with Gasteiger partial charge in [-0.3, -0.25) is 9.36 Å². The van der Waals surface area contributed by atoms with Crippen LogP contribution in [-0.4, -0.2) is 34.5 Å². The molecule has 34 heavy (non-hydrogen) atoms. The highest BCUT2D eigenvalue weighted by Crippen LogP contribution is 2.44. The van der Waals surface area contributed by atoms with Crippen LogP contribution in [0, 0.1) is 13.8 Å². The predicted molar refractivity (Wildman–Crippen MR) is 116 cm³/mol. The van der Waals surface area contributed by atoms with Crippen LogP contribution in [-0.2, 0) is 20.4 Å². The van der Waals surface area contributed by atoms with Gasteiger partial charge in [-0.05, 0) is 44.0 Å². The maximum atomic E-state index is 13.9. The summed E-state index contributed by atoms with van der Waals surface area (Å²) in [7, 11) is 1.54. The monoisotopic (exact) mass is 475 g/mol. The second kappa shape index (κ2) is 9.09. The van der Waals surface area contributed by atoms with Crippen LogP contribution in [0.3, 0.4) is 0 Å². The van der Waals surface area contributed by atoms with Crippen molar-refractivity contribution >= 4 is 5.97 Å². The second-order valence-corrected chi connectivity index (χ2v) is 7.97. The molecule has 0 aliphatic carbocycles. The van der Waals surface area contributed by atoms with Gasteiger partial charge in [-0.15, -0.1) is 10.2 Å². The Balaban J connectivity index is 1.98. The molecule has 1 aromatic heterocycles. The first-order valence-electron chi connectivity index (χ1n) is 10.7. The minimum Gasteiger partial charge on any atom is -0.496 e. The van der Waals surface area contributed by atoms with Crippen molar-refractivity contribution in [2.45, 2.75) is 45.6 Å². The van der Waals surface area contributed by atoms with Gasteiger partial charge in [-0.1, -0.05) is 29.8 Å². The molecule has 1 aliphatic rings. The molecule has 1 aliphatic heterocycles. The van der Waals surface area contributed by atoms with Crippen LogP contribution >= 0.6 is 0 Å². The van der Waals surface area contributed by atoms with E-state index in [0.29, 0.717) is 16.9 Å². The van der Waals surface area contributed by atoms with Gasteiger partial charge in [0, 0.05) is 5.56 Å². The molecule has 0 amide bonds. The first-order valence-corrected chi connectivity index (χ1v) is 10.7. The number of esters is 1. The van der Waals surface area contributed by atoms with Gasteiger partial charge in [0.05, 0.1) is 25.8 Å². The molecule has 10 heteroatoms. The molecule has 2 atom stereocenters. The number of carbonyl (C=O) groups excluding carboxylic acids is 1. The van der Waals surface area contributed by atoms with Gasteiger partial charge in [-0.25, -0.2) is 0 Å². The third kappa shape index (κ3) is 4.25. The van der Waals surface area contributed by atoms with E-state index >= 15 is 0 Å². The quantitative estimate of drug-likeness (QED) is 0.482. The third-order valence-corrected chi connectivity index (χ3v) is 5.72. The summed E-state index contributed by atoms with van der Waals surface area (Å²) in [5.41, 5.74) is 3.03. The van der Waals surface area contributed by atoms with Crippen LogP contribution in [0.5, 0.6) is 5.75 Å². The summed E-state index contributed by atoms with van der Waals surface area (Å²) in [6.07, 6.45) is -7.03. The Labute approximate surface area is 194 Å². The van der Waals surface area contributed by atoms with E-state index in [2.05, 4.69) is 10.2 Å². The molecule has 0 fully saturated rings. The summed E-state index contributed by atoms with van der Waals surface area (Å²) < 4.78 is 59.6. The zero-order valence-electron chi connectivity index (χ0n) is 19.1. The molecular weight excluding hydrogens is 451 g/mol. The molecule has 3 aromatic rings. The number of aromatic nitrogens is 3. The minimum atomic E-state index is -4.77. The van der Waals surface area contributed by atoms with Gasteiger partial charge in [0.15, 0.2) is 5.82 Å². The maximum absolute atomic E-state index is 13.9. The highest BCUT2D eigenvalue weighted by Gasteiger charge is 2.43. The molecule has 7 nitrogen and oxygen atoms in total. The maximum Gasteiger partial charge on any atom is 0.452 e. The number of fused-ring (bicyclic) bond motifs is 3. The summed E-state index contributed by atoms with van der Waals surface area (Å²) in [4.78, 5) is 12.4. The first-order chi connectivity index (χ1) is 16.2. The van der Waals surface area contributed by atoms with Crippen molar-refractivity contribution in [2.24, 2.45) is 0 Å². The van der Waals surface area contributed by atoms with Crippen LogP contribution in [0.2, 0.25) is 0 Å². The highest BCUT2D eigenvalue weighted by molar-refractivity contribution is 5.70. The van der Waals surface area contributed by atoms with Gasteiger partial charge < -0.3 is 14.2 Å². The van der Waals surface area contributed by atoms with Crippen molar-refractivity contribution in [3.05, 3.63) is 70.3 Å². The van der Waals surface area contributed by atoms with Gasteiger partial charge in [0.1, 0.15) is 18.0 Å². The summed E-state index contributed by atoms with van der Waals surface area (Å²) in [5.74, 6) is -1.31. The van der Waals surface area contributed by atoms with Gasteiger partial charge in [-0.2, -0.15) is 13.2 Å². The highest BCUT2D eigenvalue weighted by atomic mass is 19.4. The number of rotatable bonds is 5. The summed E-state index contributed by atoms with van der Waals surface area (Å²) in [6.45, 7) is 5.47. The lowest BCUT2D eigenvalue weighted by Crippen LogP contribution is -2.18. The molecule has 4 rings (SSSR count). The Bertz CT molecular complexity index is 1220. The predicted octanol–water partition coefficient (Wildman–Crippen LogP) is 5.03. The topological polar surface area (TPSA) is 75.5 Å². The number of alkyl halides is 3. The van der Waals surface area contributed by atoms with Crippen molar-refractivity contribution in [3.8, 4) is 11.4 Å². The molecular formula is C24H24F3N3O4. The molecule has 0 bridgehead atoms. The second-order valence-electron chi connectivity index (χ2n) is 7.97. The largest absolute Gasteiger partial charge is 0.496 e. The zero-order chi connectivity index (χ0) is 24.6. The number of hydrogen-bond acceptors (Lipinski definition) is 6. The lowest BCUT2D eigenvalue weighted by atomic mass is 9.94. The SMILES string of the molecule is CCOC(=O)C[C@@H]1O[C@@H](c2cccc(OC)c2C)c2cc(C)ccc2-n2c1nnc2C(F)(F)F. The van der Waals surface area contributed by atoms with Crippen molar-refractivity contribution in [1.82, 2.24) is 14.8 Å². The van der Waals surface area contributed by atoms with E-state index in [-0.39, 0.29) is 24.5 Å². The number of ether oxygens (including phenoxy) is 3. The van der Waals surface area contributed by atoms with E-state index in [9.17, 15) is 18.0 Å². The number of benzene rings is 2. The first kappa shape index (κ1) is 23.7. The van der Waals surface area contributed by atoms with Crippen molar-refractivity contribution in [1.29, 1.82) is 0 Å². The molecule has 0 saturated carbocycles. The third-order valence-electron chi connectivity index (χ3n) is 5.72. The lowest BCUT2D eigenvalue weighted by molar-refractivity contribution is -0.147. The lowest BCUT2D eigenvalue weighted by Gasteiger charge is -2.24. The van der Waals surface area contributed by atoms with Gasteiger partial charge >= 0.3 is 12.1 Å². The fourth-order valence-corrected chi connectivity index (χ4v) is 4.20. The van der Waals surface area contributed by atoms with E-state index in [1.54, 1.807) is 44.4 Å². The van der Waals surface area contributed by atoms with Crippen LogP contribution < -0.4 is 4.74 Å². The number of nitrogens with zero attached hydrogens (tertiary/aromatic N) is 3. The molecule has 2 aromatic carbocycles. The molecule has 0 saturated heterocycles. The average Bonchev–Trinajstić information content (AvgIpc) is 3.18. The van der Waals surface area contributed by atoms with E-state index in [0.717, 1.165) is 15.7 Å². The summed E-state index contributed by atoms with van der Waals surface area (Å²) in [6, 6.07) is 10.5. The molecule has 0 spiro atoms. The number of hydrogen-bond donors (Lipinski definition) is 0. The van der Waals surface area contributed by atoms with E-state index in [4.69, 9.17) is 14.2 Å². The number of halogens is 3. The number of methoxy groups -OCH3 is 1. The molecule has 0 unspecified atom stereocenters. The Morgan fingerprint density at radius 2 is 1.91 bits per heavy atom. The van der Waals surface area contributed by atoms with Crippen LogP contribution in [0.1, 0.15) is 59.5 Å². The van der Waals surface area contributed by atoms with E-state index in [1.165, 1.54) is 0 Å². The molecule has 2 heterocycles. The van der Waals surface area contributed by atoms with Crippen molar-refractivity contribution in [3.63, 3.8) is 0 Å². The van der Waals surface area contributed by atoms with Crippen molar-refractivity contribution < 1.29 is 32.2 Å². The Hall–Kier alpha value is -3.40. The normalized spacial score (nSPS) is 17.5. The number of aryl methyl sites for hydroxylation is 1. The zero-order valence-corrected chi connectivity index (χ0v) is 19.1. The molecule has 0 N–H and O–H groups in total. The average molecular weight is 475 g/mol. The fourth-order valence-electron chi connectivity index (χ4n) is 4.20. The minimum absolute atomic E-state index is 0.117. The van der Waals surface area contributed by atoms with Gasteiger partial charge in [0.2, 0.25) is 5.82 Å². The standard InChI is InChI=1S/C24H24F3N3O4/c1-5-33-20(31)12-19-22-28-29-23(24(25,26)27)30(22)17-10-9-13(2)11-16(17)21(34-19)15-7-6-8-18(32-4)14(15)3/h6-11,19,21H,5,12H2,1-4H3/t19-,21-/m0/s1. The Morgan fingerprint density at radius 1 is 1.15 bits per heavy atom. The van der Waals surface area contributed by atoms with Gasteiger partial charge in [0.25, 0.3) is 0 Å². The summed E-state index contributed by atoms with van der Waals surface area (Å²) in [5, 5.41) is 7.23. The van der Waals surface area contributed by atoms with Crippen LogP contribution in [0.4, 0.5) is 13.2 Å². The smallest absolute Gasteiger partial charge is 0.452 e. The Kier molecular flexibility index (Phi) is 6.35. The number of carbonyl (C=O) groups is 1. The van der Waals surface area contributed by atoms with Crippen LogP contribution in [0.25, 0.3) is 5.69 Å². The van der Waals surface area contributed by atoms with Crippen LogP contribution in [0.15, 0.2) is 36.4 Å². The molecule has 0 radical (unpaired) electrons.